The second-order valence-corrected chi connectivity index (χ2v) is 7.28. The highest BCUT2D eigenvalue weighted by molar-refractivity contribution is 6.00. The fourth-order valence-corrected chi connectivity index (χ4v) is 3.58. The molecule has 5 nitrogen and oxygen atoms in total. The molecule has 0 saturated carbocycles. The van der Waals surface area contributed by atoms with E-state index in [1.54, 1.807) is 4.90 Å². The lowest BCUT2D eigenvalue weighted by atomic mass is 9.97. The first-order chi connectivity index (χ1) is 14.7. The Morgan fingerprint density at radius 2 is 1.53 bits per heavy atom. The zero-order valence-corrected chi connectivity index (χ0v) is 17.0. The summed E-state index contributed by atoms with van der Waals surface area (Å²) in [6, 6.07) is 29.4. The van der Waals surface area contributed by atoms with Gasteiger partial charge in [0.25, 0.3) is 0 Å². The van der Waals surface area contributed by atoms with Gasteiger partial charge in [0.05, 0.1) is 5.52 Å². The minimum atomic E-state index is 0.209. The molecule has 1 heterocycles. The summed E-state index contributed by atoms with van der Waals surface area (Å²) in [4.78, 5) is 6.49. The van der Waals surface area contributed by atoms with Crippen LogP contribution in [0.5, 0.6) is 0 Å². The van der Waals surface area contributed by atoms with Crippen molar-refractivity contribution < 1.29 is 0 Å². The molecule has 0 spiro atoms. The predicted molar refractivity (Wildman–Crippen MR) is 125 cm³/mol. The molecule has 0 aliphatic rings. The van der Waals surface area contributed by atoms with Gasteiger partial charge < -0.3 is 11.6 Å². The second-order valence-electron chi connectivity index (χ2n) is 7.28. The minimum Gasteiger partial charge on any atom is -0.368 e. The average molecular weight is 396 g/mol. The van der Waals surface area contributed by atoms with Crippen LogP contribution in [0.2, 0.25) is 0 Å². The van der Waals surface area contributed by atoms with E-state index in [4.69, 9.17) is 16.6 Å². The van der Waals surface area contributed by atoms with Gasteiger partial charge in [0.1, 0.15) is 5.82 Å². The Morgan fingerprint density at radius 3 is 2.23 bits per heavy atom. The van der Waals surface area contributed by atoms with Gasteiger partial charge in [0.2, 0.25) is 5.96 Å². The maximum Gasteiger partial charge on any atom is 0.218 e. The summed E-state index contributed by atoms with van der Waals surface area (Å²) >= 11 is 0. The molecule has 0 atom stereocenters. The Morgan fingerprint density at radius 1 is 0.867 bits per heavy atom. The van der Waals surface area contributed by atoms with Crippen LogP contribution in [0.3, 0.4) is 0 Å². The van der Waals surface area contributed by atoms with Crippen LogP contribution in [0.25, 0.3) is 22.0 Å². The number of hydrazone groups is 1. The lowest BCUT2D eigenvalue weighted by molar-refractivity contribution is 0.962. The summed E-state index contributed by atoms with van der Waals surface area (Å²) < 4.78 is 0. The molecule has 0 saturated heterocycles. The number of fused-ring (bicyclic) bond motifs is 1. The summed E-state index contributed by atoms with van der Waals surface area (Å²) in [7, 11) is 1.81. The lowest BCUT2D eigenvalue weighted by Crippen LogP contribution is -2.35. The zero-order valence-electron chi connectivity index (χ0n) is 17.0. The SMILES string of the molecule is CN(/C(N)=N/N)c1cc(-c2ccccc2)c2cc(CCc3ccccc3)ccc2n1. The van der Waals surface area contributed by atoms with Gasteiger partial charge in [0, 0.05) is 12.4 Å². The number of pyridine rings is 1. The standard InChI is InChI=1S/C25H25N5/c1-30(25(26)29-27)24-17-21(20-10-6-3-7-11-20)22-16-19(14-15-23(22)28-24)13-12-18-8-4-2-5-9-18/h2-11,14-17H,12-13,27H2,1H3,(H2,26,29). The van der Waals surface area contributed by atoms with Gasteiger partial charge >= 0.3 is 0 Å². The molecule has 150 valence electrons. The van der Waals surface area contributed by atoms with Crippen molar-refractivity contribution in [3.63, 3.8) is 0 Å². The summed E-state index contributed by atoms with van der Waals surface area (Å²) in [6.45, 7) is 0. The quantitative estimate of drug-likeness (QED) is 0.228. The van der Waals surface area contributed by atoms with Crippen molar-refractivity contribution in [1.29, 1.82) is 0 Å². The van der Waals surface area contributed by atoms with Crippen molar-refractivity contribution >= 4 is 22.7 Å². The first-order valence-electron chi connectivity index (χ1n) is 9.96. The van der Waals surface area contributed by atoms with Crippen molar-refractivity contribution in [2.75, 3.05) is 11.9 Å². The monoisotopic (exact) mass is 395 g/mol. The molecule has 0 aliphatic carbocycles. The summed E-state index contributed by atoms with van der Waals surface area (Å²) in [5.41, 5.74) is 11.7. The summed E-state index contributed by atoms with van der Waals surface area (Å²) in [5.74, 6) is 6.27. The predicted octanol–water partition coefficient (Wildman–Crippen LogP) is 4.31. The van der Waals surface area contributed by atoms with E-state index in [2.05, 4.69) is 59.7 Å². The highest BCUT2D eigenvalue weighted by atomic mass is 15.3. The third-order valence-electron chi connectivity index (χ3n) is 5.31. The number of nitrogens with two attached hydrogens (primary N) is 2. The molecule has 1 aromatic heterocycles. The normalized spacial score (nSPS) is 11.6. The highest BCUT2D eigenvalue weighted by Gasteiger charge is 2.13. The Bertz CT molecular complexity index is 1170. The third-order valence-corrected chi connectivity index (χ3v) is 5.31. The molecule has 4 rings (SSSR count). The maximum absolute atomic E-state index is 5.91. The van der Waals surface area contributed by atoms with E-state index in [9.17, 15) is 0 Å². The van der Waals surface area contributed by atoms with Crippen molar-refractivity contribution in [3.05, 3.63) is 96.1 Å². The number of aromatic nitrogens is 1. The fraction of sp³-hybridized carbons (Fsp3) is 0.120. The molecular formula is C25H25N5. The number of guanidine groups is 1. The van der Waals surface area contributed by atoms with Gasteiger partial charge in [-0.05, 0) is 53.3 Å². The van der Waals surface area contributed by atoms with Crippen LogP contribution in [0, 0.1) is 0 Å². The van der Waals surface area contributed by atoms with Crippen LogP contribution >= 0.6 is 0 Å². The number of nitrogens with zero attached hydrogens (tertiary/aromatic N) is 3. The van der Waals surface area contributed by atoms with Crippen LogP contribution in [-0.2, 0) is 12.8 Å². The highest BCUT2D eigenvalue weighted by Crippen LogP contribution is 2.32. The fourth-order valence-electron chi connectivity index (χ4n) is 3.58. The van der Waals surface area contributed by atoms with Gasteiger partial charge in [-0.25, -0.2) is 4.98 Å². The molecule has 0 amide bonds. The Hall–Kier alpha value is -3.86. The minimum absolute atomic E-state index is 0.209. The molecule has 4 aromatic rings. The van der Waals surface area contributed by atoms with E-state index >= 15 is 0 Å². The number of rotatable bonds is 5. The summed E-state index contributed by atoms with van der Waals surface area (Å²) in [5, 5.41) is 4.71. The lowest BCUT2D eigenvalue weighted by Gasteiger charge is -2.19. The van der Waals surface area contributed by atoms with E-state index in [-0.39, 0.29) is 5.96 Å². The number of aryl methyl sites for hydroxylation is 2. The van der Waals surface area contributed by atoms with Crippen LogP contribution in [-0.4, -0.2) is 18.0 Å². The van der Waals surface area contributed by atoms with Crippen LogP contribution in [0.1, 0.15) is 11.1 Å². The van der Waals surface area contributed by atoms with Gasteiger partial charge in [-0.2, -0.15) is 0 Å². The van der Waals surface area contributed by atoms with Gasteiger partial charge in [0.15, 0.2) is 0 Å². The topological polar surface area (TPSA) is 80.5 Å². The average Bonchev–Trinajstić information content (AvgIpc) is 2.82. The van der Waals surface area contributed by atoms with Gasteiger partial charge in [-0.15, -0.1) is 5.10 Å². The van der Waals surface area contributed by atoms with Crippen LogP contribution in [0.15, 0.2) is 90.0 Å². The molecule has 0 unspecified atom stereocenters. The third kappa shape index (κ3) is 4.10. The summed E-state index contributed by atoms with van der Waals surface area (Å²) in [6.07, 6.45) is 1.98. The number of hydrogen-bond donors (Lipinski definition) is 2. The van der Waals surface area contributed by atoms with Crippen molar-refractivity contribution in [3.8, 4) is 11.1 Å². The molecule has 0 radical (unpaired) electrons. The van der Waals surface area contributed by atoms with E-state index in [0.717, 1.165) is 34.9 Å². The molecule has 3 aromatic carbocycles. The molecule has 30 heavy (non-hydrogen) atoms. The van der Waals surface area contributed by atoms with E-state index in [1.165, 1.54) is 11.1 Å². The zero-order chi connectivity index (χ0) is 20.9. The number of hydrogen-bond acceptors (Lipinski definition) is 3. The van der Waals surface area contributed by atoms with Crippen LogP contribution in [0.4, 0.5) is 5.82 Å². The molecule has 5 heteroatoms. The first kappa shape index (κ1) is 19.5. The molecular weight excluding hydrogens is 370 g/mol. The first-order valence-corrected chi connectivity index (χ1v) is 9.96. The van der Waals surface area contributed by atoms with E-state index in [0.29, 0.717) is 5.82 Å². The van der Waals surface area contributed by atoms with Gasteiger partial charge in [-0.3, -0.25) is 4.90 Å². The van der Waals surface area contributed by atoms with Crippen molar-refractivity contribution in [2.24, 2.45) is 16.7 Å². The number of anilines is 1. The van der Waals surface area contributed by atoms with E-state index < -0.39 is 0 Å². The molecule has 4 N–H and O–H groups in total. The molecule has 0 bridgehead atoms. The Balaban J connectivity index is 1.78. The molecule has 0 fully saturated rings. The second kappa shape index (κ2) is 8.66. The van der Waals surface area contributed by atoms with Crippen molar-refractivity contribution in [1.82, 2.24) is 4.98 Å². The number of benzene rings is 3. The smallest absolute Gasteiger partial charge is 0.218 e. The molecule has 0 aliphatic heterocycles. The van der Waals surface area contributed by atoms with Crippen molar-refractivity contribution in [2.45, 2.75) is 12.8 Å². The van der Waals surface area contributed by atoms with E-state index in [1.807, 2.05) is 37.4 Å². The Labute approximate surface area is 176 Å². The maximum atomic E-state index is 5.91. The largest absolute Gasteiger partial charge is 0.368 e. The van der Waals surface area contributed by atoms with Crippen LogP contribution < -0.4 is 16.5 Å². The van der Waals surface area contributed by atoms with Gasteiger partial charge in [-0.1, -0.05) is 66.7 Å². The Kier molecular flexibility index (Phi) is 5.61.